The van der Waals surface area contributed by atoms with Gasteiger partial charge in [-0.15, -0.1) is 0 Å². The number of amides is 1. The number of carbonyl (C=O) groups excluding carboxylic acids is 1. The number of quaternary nitrogens is 1. The topological polar surface area (TPSA) is 42.8 Å². The summed E-state index contributed by atoms with van der Waals surface area (Å²) in [7, 11) is 1.90. The maximum Gasteiger partial charge on any atom is 0.387 e. The molecule has 1 atom stereocenters. The first kappa shape index (κ1) is 21.4. The monoisotopic (exact) mass is 417 g/mol. The fourth-order valence-electron chi connectivity index (χ4n) is 2.59. The predicted octanol–water partition coefficient (Wildman–Crippen LogP) is 2.97. The average Bonchev–Trinajstić information content (AvgIpc) is 2.60. The smallest absolute Gasteiger partial charge is 0.387 e. The van der Waals surface area contributed by atoms with Crippen LogP contribution in [0, 0.1) is 0 Å². The van der Waals surface area contributed by atoms with Crippen molar-refractivity contribution in [1.82, 2.24) is 5.32 Å². The third-order valence-corrected chi connectivity index (χ3v) is 4.73. The molecule has 2 N–H and O–H groups in total. The van der Waals surface area contributed by atoms with Crippen molar-refractivity contribution in [2.45, 2.75) is 19.6 Å². The minimum atomic E-state index is -2.84. The van der Waals surface area contributed by atoms with Crippen molar-refractivity contribution in [2.24, 2.45) is 0 Å². The molecule has 2 rings (SSSR count). The molecule has 27 heavy (non-hydrogen) atoms. The number of ether oxygens (including phenoxy) is 1. The zero-order chi connectivity index (χ0) is 19.8. The predicted molar refractivity (Wildman–Crippen MR) is 102 cm³/mol. The minimum Gasteiger partial charge on any atom is -0.435 e. The summed E-state index contributed by atoms with van der Waals surface area (Å²) in [6, 6.07) is 11.8. The lowest BCUT2D eigenvalue weighted by Gasteiger charge is -2.15. The molecule has 8 heteroatoms. The Morgan fingerprint density at radius 1 is 1.19 bits per heavy atom. The molecule has 0 bridgehead atoms. The van der Waals surface area contributed by atoms with Crippen molar-refractivity contribution in [3.63, 3.8) is 0 Å². The van der Waals surface area contributed by atoms with Gasteiger partial charge in [0.05, 0.1) is 17.1 Å². The first-order valence-corrected chi connectivity index (χ1v) is 9.15. The van der Waals surface area contributed by atoms with Crippen molar-refractivity contribution in [2.75, 3.05) is 20.1 Å². The molecule has 0 spiro atoms. The number of hydrogen-bond acceptors (Lipinski definition) is 2. The van der Waals surface area contributed by atoms with E-state index in [1.165, 1.54) is 12.1 Å². The van der Waals surface area contributed by atoms with Crippen molar-refractivity contribution in [3.05, 3.63) is 63.6 Å². The Morgan fingerprint density at radius 2 is 1.89 bits per heavy atom. The summed E-state index contributed by atoms with van der Waals surface area (Å²) in [5.74, 6) is 0.0333. The van der Waals surface area contributed by atoms with Gasteiger partial charge in [0.15, 0.2) is 6.54 Å². The molecular formula is C19H21Cl2F2N2O2+. The highest BCUT2D eigenvalue weighted by molar-refractivity contribution is 6.42. The van der Waals surface area contributed by atoms with Crippen LogP contribution < -0.4 is 15.0 Å². The van der Waals surface area contributed by atoms with Gasteiger partial charge in [-0.25, -0.2) is 0 Å². The summed E-state index contributed by atoms with van der Waals surface area (Å²) < 4.78 is 28.5. The number of carbonyl (C=O) groups is 1. The van der Waals surface area contributed by atoms with E-state index in [1.54, 1.807) is 18.2 Å². The van der Waals surface area contributed by atoms with Gasteiger partial charge in [-0.3, -0.25) is 4.79 Å². The van der Waals surface area contributed by atoms with E-state index in [4.69, 9.17) is 23.2 Å². The number of alkyl halides is 2. The second-order valence-corrected chi connectivity index (χ2v) is 6.93. The van der Waals surface area contributed by atoms with E-state index in [-0.39, 0.29) is 11.7 Å². The van der Waals surface area contributed by atoms with Crippen LogP contribution >= 0.6 is 23.2 Å². The Hall–Kier alpha value is -1.89. The molecule has 2 aromatic rings. The largest absolute Gasteiger partial charge is 0.435 e. The number of hydrogen-bond donors (Lipinski definition) is 2. The Kier molecular flexibility index (Phi) is 8.28. The van der Waals surface area contributed by atoms with Gasteiger partial charge in [-0.2, -0.15) is 8.78 Å². The lowest BCUT2D eigenvalue weighted by molar-refractivity contribution is -0.885. The van der Waals surface area contributed by atoms with Crippen LogP contribution in [0.3, 0.4) is 0 Å². The fourth-order valence-corrected chi connectivity index (χ4v) is 2.98. The van der Waals surface area contributed by atoms with E-state index in [9.17, 15) is 13.6 Å². The van der Waals surface area contributed by atoms with E-state index in [2.05, 4.69) is 10.1 Å². The lowest BCUT2D eigenvalue weighted by Crippen LogP contribution is -3.08. The number of halogens is 4. The zero-order valence-electron chi connectivity index (χ0n) is 14.8. The van der Waals surface area contributed by atoms with Gasteiger partial charge in [0.2, 0.25) is 0 Å². The molecule has 0 saturated heterocycles. The summed E-state index contributed by atoms with van der Waals surface area (Å²) >= 11 is 12.2. The van der Waals surface area contributed by atoms with Gasteiger partial charge in [-0.05, 0) is 30.2 Å². The van der Waals surface area contributed by atoms with E-state index in [1.807, 2.05) is 19.2 Å². The molecule has 0 aliphatic carbocycles. The molecule has 0 aliphatic rings. The van der Waals surface area contributed by atoms with Crippen LogP contribution in [0.15, 0.2) is 42.5 Å². The summed E-state index contributed by atoms with van der Waals surface area (Å²) in [5, 5.41) is 3.86. The van der Waals surface area contributed by atoms with E-state index in [0.717, 1.165) is 16.0 Å². The molecule has 2 aromatic carbocycles. The Labute approximate surface area is 167 Å². The van der Waals surface area contributed by atoms with Crippen LogP contribution in [-0.4, -0.2) is 32.7 Å². The maximum atomic E-state index is 12.1. The van der Waals surface area contributed by atoms with Gasteiger partial charge in [0.1, 0.15) is 12.3 Å². The summed E-state index contributed by atoms with van der Waals surface area (Å²) in [6.07, 6.45) is 0.597. The Morgan fingerprint density at radius 3 is 2.56 bits per heavy atom. The number of rotatable bonds is 9. The molecule has 146 valence electrons. The highest BCUT2D eigenvalue weighted by Gasteiger charge is 2.13. The molecule has 0 fully saturated rings. The molecule has 1 unspecified atom stereocenters. The van der Waals surface area contributed by atoms with Gasteiger partial charge in [0.25, 0.3) is 5.91 Å². The molecule has 4 nitrogen and oxygen atoms in total. The molecule has 0 radical (unpaired) electrons. The van der Waals surface area contributed by atoms with Gasteiger partial charge in [0, 0.05) is 12.1 Å². The van der Waals surface area contributed by atoms with Crippen molar-refractivity contribution < 1.29 is 23.2 Å². The minimum absolute atomic E-state index is 0.0803. The quantitative estimate of drug-likeness (QED) is 0.658. The normalized spacial score (nSPS) is 12.1. The zero-order valence-corrected chi connectivity index (χ0v) is 16.3. The van der Waals surface area contributed by atoms with E-state index >= 15 is 0 Å². The molecule has 0 aromatic heterocycles. The third kappa shape index (κ3) is 7.33. The fraction of sp³-hybridized carbons (Fsp3) is 0.316. The molecule has 1 amide bonds. The number of benzene rings is 2. The molecule has 0 heterocycles. The second kappa shape index (κ2) is 10.4. The van der Waals surface area contributed by atoms with Gasteiger partial charge < -0.3 is 15.0 Å². The van der Waals surface area contributed by atoms with Gasteiger partial charge >= 0.3 is 6.61 Å². The third-order valence-electron chi connectivity index (χ3n) is 3.87. The van der Waals surface area contributed by atoms with Crippen LogP contribution in [0.4, 0.5) is 8.78 Å². The van der Waals surface area contributed by atoms with E-state index in [0.29, 0.717) is 36.1 Å². The Bertz CT molecular complexity index is 758. The average molecular weight is 418 g/mol. The Balaban J connectivity index is 1.73. The first-order valence-electron chi connectivity index (χ1n) is 8.40. The molecule has 0 saturated carbocycles. The molecule has 0 aliphatic heterocycles. The summed E-state index contributed by atoms with van der Waals surface area (Å²) in [5.41, 5.74) is 1.81. The highest BCUT2D eigenvalue weighted by atomic mass is 35.5. The lowest BCUT2D eigenvalue weighted by atomic mass is 10.1. The SMILES string of the molecule is C[NH+](CC(=O)NCCc1ccc(OC(F)F)cc1)Cc1cccc(Cl)c1Cl. The first-order chi connectivity index (χ1) is 12.8. The second-order valence-electron chi connectivity index (χ2n) is 6.15. The summed E-state index contributed by atoms with van der Waals surface area (Å²) in [6.45, 7) is -1.50. The highest BCUT2D eigenvalue weighted by Crippen LogP contribution is 2.24. The van der Waals surface area contributed by atoms with Crippen LogP contribution in [0.5, 0.6) is 5.75 Å². The van der Waals surface area contributed by atoms with Crippen molar-refractivity contribution >= 4 is 29.1 Å². The number of nitrogens with one attached hydrogen (secondary N) is 2. The van der Waals surface area contributed by atoms with Crippen LogP contribution in [-0.2, 0) is 17.8 Å². The standard InChI is InChI=1S/C19H20Cl2F2N2O2/c1-25(11-14-3-2-4-16(20)18(14)21)12-17(26)24-10-9-13-5-7-15(8-6-13)27-19(22)23/h2-8,19H,9-12H2,1H3,(H,24,26)/p+1. The van der Waals surface area contributed by atoms with Crippen LogP contribution in [0.2, 0.25) is 10.0 Å². The maximum absolute atomic E-state index is 12.1. The van der Waals surface area contributed by atoms with Crippen molar-refractivity contribution in [3.8, 4) is 5.75 Å². The number of likely N-dealkylation sites (N-methyl/N-ethyl adjacent to an activating group) is 1. The van der Waals surface area contributed by atoms with Crippen LogP contribution in [0.25, 0.3) is 0 Å². The van der Waals surface area contributed by atoms with Gasteiger partial charge in [-0.1, -0.05) is 47.5 Å². The van der Waals surface area contributed by atoms with Crippen molar-refractivity contribution in [1.29, 1.82) is 0 Å². The summed E-state index contributed by atoms with van der Waals surface area (Å²) in [4.78, 5) is 13.0. The van der Waals surface area contributed by atoms with E-state index < -0.39 is 6.61 Å². The van der Waals surface area contributed by atoms with Crippen LogP contribution in [0.1, 0.15) is 11.1 Å². The molecular weight excluding hydrogens is 397 g/mol.